The first-order chi connectivity index (χ1) is 9.38. The Bertz CT molecular complexity index is 412. The molecule has 2 N–H and O–H groups in total. The number of rotatable bonds is 7. The summed E-state index contributed by atoms with van der Waals surface area (Å²) in [5.74, 6) is 0.909. The van der Waals surface area contributed by atoms with Gasteiger partial charge in [0.15, 0.2) is 0 Å². The number of halogens is 3. The van der Waals surface area contributed by atoms with Gasteiger partial charge in [0.2, 0.25) is 0 Å². The molecule has 0 aliphatic heterocycles. The Labute approximate surface area is 121 Å². The minimum absolute atomic E-state index is 0.250. The van der Waals surface area contributed by atoms with Gasteiger partial charge >= 0.3 is 6.18 Å². The number of thioether (sulfide) groups is 1. The summed E-state index contributed by atoms with van der Waals surface area (Å²) >= 11 is 1.69. The van der Waals surface area contributed by atoms with Crippen LogP contribution in [-0.2, 0) is 6.18 Å². The summed E-state index contributed by atoms with van der Waals surface area (Å²) < 4.78 is 37.8. The molecule has 0 aromatic heterocycles. The molecular weight excluding hydrogens is 287 g/mol. The lowest BCUT2D eigenvalue weighted by atomic mass is 10.1. The lowest BCUT2D eigenvalue weighted by Gasteiger charge is -2.19. The van der Waals surface area contributed by atoms with Crippen molar-refractivity contribution in [1.82, 2.24) is 5.32 Å². The number of aliphatic hydroxyl groups is 1. The number of hydrogen-bond acceptors (Lipinski definition) is 3. The maximum Gasteiger partial charge on any atom is 0.416 e. The van der Waals surface area contributed by atoms with Crippen LogP contribution in [0.2, 0.25) is 0 Å². The quantitative estimate of drug-likeness (QED) is 0.809. The van der Waals surface area contributed by atoms with Gasteiger partial charge in [0.1, 0.15) is 0 Å². The first-order valence-electron chi connectivity index (χ1n) is 6.46. The summed E-state index contributed by atoms with van der Waals surface area (Å²) in [5, 5.41) is 13.2. The first kappa shape index (κ1) is 17.3. The largest absolute Gasteiger partial charge is 0.416 e. The van der Waals surface area contributed by atoms with Crippen molar-refractivity contribution in [3.05, 3.63) is 35.4 Å². The molecule has 2 atom stereocenters. The van der Waals surface area contributed by atoms with Gasteiger partial charge in [-0.1, -0.05) is 19.1 Å². The summed E-state index contributed by atoms with van der Waals surface area (Å²) in [6.45, 7) is 2.28. The van der Waals surface area contributed by atoms with Crippen molar-refractivity contribution in [2.24, 2.45) is 0 Å². The normalized spacial score (nSPS) is 15.1. The van der Waals surface area contributed by atoms with Crippen LogP contribution in [0.15, 0.2) is 24.3 Å². The second-order valence-corrected chi connectivity index (χ2v) is 5.52. The predicted molar refractivity (Wildman–Crippen MR) is 76.9 cm³/mol. The van der Waals surface area contributed by atoms with Gasteiger partial charge in [-0.3, -0.25) is 0 Å². The van der Waals surface area contributed by atoms with E-state index in [0.29, 0.717) is 0 Å². The monoisotopic (exact) mass is 307 g/mol. The molecule has 0 aliphatic carbocycles. The molecule has 0 bridgehead atoms. The van der Waals surface area contributed by atoms with E-state index in [2.05, 4.69) is 5.32 Å². The molecular formula is C14H20F3NOS. The molecule has 0 heterocycles. The minimum Gasteiger partial charge on any atom is -0.387 e. The average Bonchev–Trinajstić information content (AvgIpc) is 2.42. The molecule has 114 valence electrons. The van der Waals surface area contributed by atoms with Gasteiger partial charge < -0.3 is 10.4 Å². The maximum absolute atomic E-state index is 12.6. The molecule has 1 aromatic carbocycles. The second kappa shape index (κ2) is 7.90. The minimum atomic E-state index is -4.38. The zero-order chi connectivity index (χ0) is 15.2. The third kappa shape index (κ3) is 5.34. The number of benzene rings is 1. The molecule has 0 amide bonds. The van der Waals surface area contributed by atoms with E-state index in [0.717, 1.165) is 24.3 Å². The molecule has 2 nitrogen and oxygen atoms in total. The SMILES string of the molecule is CCC(CSC)NCC(O)c1cccc(C(F)(F)F)c1. The van der Waals surface area contributed by atoms with Crippen molar-refractivity contribution in [2.75, 3.05) is 18.6 Å². The summed E-state index contributed by atoms with van der Waals surface area (Å²) in [7, 11) is 0. The molecule has 6 heteroatoms. The van der Waals surface area contributed by atoms with Crippen LogP contribution in [0.1, 0.15) is 30.6 Å². The van der Waals surface area contributed by atoms with E-state index in [1.54, 1.807) is 11.8 Å². The Hall–Kier alpha value is -0.720. The third-order valence-corrected chi connectivity index (χ3v) is 3.79. The van der Waals surface area contributed by atoms with Gasteiger partial charge in [-0.15, -0.1) is 0 Å². The van der Waals surface area contributed by atoms with E-state index in [9.17, 15) is 18.3 Å². The first-order valence-corrected chi connectivity index (χ1v) is 7.85. The topological polar surface area (TPSA) is 32.3 Å². The van der Waals surface area contributed by atoms with E-state index in [1.165, 1.54) is 12.1 Å². The average molecular weight is 307 g/mol. The van der Waals surface area contributed by atoms with Crippen molar-refractivity contribution in [1.29, 1.82) is 0 Å². The molecule has 0 saturated heterocycles. The van der Waals surface area contributed by atoms with Crippen molar-refractivity contribution in [3.8, 4) is 0 Å². The van der Waals surface area contributed by atoms with Crippen LogP contribution in [0.25, 0.3) is 0 Å². The van der Waals surface area contributed by atoms with Gasteiger partial charge in [-0.2, -0.15) is 24.9 Å². The smallest absolute Gasteiger partial charge is 0.387 e. The zero-order valence-corrected chi connectivity index (χ0v) is 12.4. The van der Waals surface area contributed by atoms with Crippen molar-refractivity contribution >= 4 is 11.8 Å². The summed E-state index contributed by atoms with van der Waals surface area (Å²) in [6.07, 6.45) is -2.41. The highest BCUT2D eigenvalue weighted by molar-refractivity contribution is 7.98. The molecule has 2 unspecified atom stereocenters. The van der Waals surface area contributed by atoms with Gasteiger partial charge in [-0.05, 0) is 30.4 Å². The van der Waals surface area contributed by atoms with Crippen LogP contribution in [0.4, 0.5) is 13.2 Å². The number of aliphatic hydroxyl groups excluding tert-OH is 1. The predicted octanol–water partition coefficient (Wildman–Crippen LogP) is 3.47. The van der Waals surface area contributed by atoms with Crippen LogP contribution in [-0.4, -0.2) is 29.7 Å². The zero-order valence-electron chi connectivity index (χ0n) is 11.6. The van der Waals surface area contributed by atoms with E-state index in [1.807, 2.05) is 13.2 Å². The molecule has 0 fully saturated rings. The summed E-state index contributed by atoms with van der Waals surface area (Å²) in [4.78, 5) is 0. The highest BCUT2D eigenvalue weighted by atomic mass is 32.2. The summed E-state index contributed by atoms with van der Waals surface area (Å²) in [6, 6.07) is 5.09. The van der Waals surface area contributed by atoms with Crippen LogP contribution < -0.4 is 5.32 Å². The van der Waals surface area contributed by atoms with E-state index >= 15 is 0 Å². The molecule has 1 aromatic rings. The van der Waals surface area contributed by atoms with E-state index < -0.39 is 17.8 Å². The Kier molecular flexibility index (Phi) is 6.85. The fourth-order valence-electron chi connectivity index (χ4n) is 1.84. The Balaban J connectivity index is 2.65. The van der Waals surface area contributed by atoms with Crippen LogP contribution in [0.5, 0.6) is 0 Å². The van der Waals surface area contributed by atoms with Gasteiger partial charge in [-0.25, -0.2) is 0 Å². The lowest BCUT2D eigenvalue weighted by molar-refractivity contribution is -0.137. The summed E-state index contributed by atoms with van der Waals surface area (Å²) in [5.41, 5.74) is -0.448. The molecule has 1 rings (SSSR count). The fraction of sp³-hybridized carbons (Fsp3) is 0.571. The fourth-order valence-corrected chi connectivity index (χ4v) is 2.60. The van der Waals surface area contributed by atoms with Crippen LogP contribution >= 0.6 is 11.8 Å². The van der Waals surface area contributed by atoms with Crippen molar-refractivity contribution in [3.63, 3.8) is 0 Å². The second-order valence-electron chi connectivity index (χ2n) is 4.61. The lowest BCUT2D eigenvalue weighted by Crippen LogP contribution is -2.34. The molecule has 0 spiro atoms. The maximum atomic E-state index is 12.6. The van der Waals surface area contributed by atoms with E-state index in [4.69, 9.17) is 0 Å². The van der Waals surface area contributed by atoms with Gasteiger partial charge in [0, 0.05) is 18.3 Å². The van der Waals surface area contributed by atoms with Crippen molar-refractivity contribution in [2.45, 2.75) is 31.7 Å². The molecule has 20 heavy (non-hydrogen) atoms. The number of nitrogens with one attached hydrogen (secondary N) is 1. The van der Waals surface area contributed by atoms with Crippen LogP contribution in [0, 0.1) is 0 Å². The third-order valence-electron chi connectivity index (χ3n) is 3.06. The van der Waals surface area contributed by atoms with E-state index in [-0.39, 0.29) is 18.2 Å². The highest BCUT2D eigenvalue weighted by Gasteiger charge is 2.30. The number of hydrogen-bond donors (Lipinski definition) is 2. The Morgan fingerprint density at radius 3 is 2.60 bits per heavy atom. The van der Waals surface area contributed by atoms with Crippen LogP contribution in [0.3, 0.4) is 0 Å². The standard InChI is InChI=1S/C14H20F3NOS/c1-3-12(9-20-2)18-8-13(19)10-5-4-6-11(7-10)14(15,16)17/h4-7,12-13,18-19H,3,8-9H2,1-2H3. The molecule has 0 saturated carbocycles. The van der Waals surface area contributed by atoms with Crippen molar-refractivity contribution < 1.29 is 18.3 Å². The Morgan fingerprint density at radius 2 is 2.05 bits per heavy atom. The number of alkyl halides is 3. The molecule has 0 aliphatic rings. The van der Waals surface area contributed by atoms with Gasteiger partial charge in [0.05, 0.1) is 11.7 Å². The van der Waals surface area contributed by atoms with Gasteiger partial charge in [0.25, 0.3) is 0 Å². The molecule has 0 radical (unpaired) electrons. The highest BCUT2D eigenvalue weighted by Crippen LogP contribution is 2.30. The Morgan fingerprint density at radius 1 is 1.35 bits per heavy atom.